The van der Waals surface area contributed by atoms with Gasteiger partial charge in [-0.25, -0.2) is 4.68 Å². The van der Waals surface area contributed by atoms with Crippen LogP contribution in [0.2, 0.25) is 5.02 Å². The number of likely N-dealkylation sites (tertiary alicyclic amines) is 1. The first kappa shape index (κ1) is 17.2. The standard InChI is InChI=1S/C18H17ClN4O2S/c1-11-5-6-22(8-11)18(25)17(24)20-16-14-9-26-10-15(14)21-23(16)13-4-2-3-12(19)7-13/h2-4,7H,1,5-6,8-10H2,(H,20,24). The van der Waals surface area contributed by atoms with Crippen LogP contribution < -0.4 is 5.32 Å². The van der Waals surface area contributed by atoms with Gasteiger partial charge in [0.15, 0.2) is 0 Å². The van der Waals surface area contributed by atoms with Crippen LogP contribution in [0, 0.1) is 0 Å². The zero-order valence-corrected chi connectivity index (χ0v) is 15.6. The Morgan fingerprint density at radius 1 is 1.31 bits per heavy atom. The van der Waals surface area contributed by atoms with Crippen LogP contribution in [0.5, 0.6) is 0 Å². The molecule has 2 aliphatic heterocycles. The average molecular weight is 389 g/mol. The zero-order chi connectivity index (χ0) is 18.3. The molecule has 134 valence electrons. The third-order valence-corrected chi connectivity index (χ3v) is 5.67. The van der Waals surface area contributed by atoms with Crippen molar-refractivity contribution in [3.8, 4) is 5.69 Å². The quantitative estimate of drug-likeness (QED) is 0.634. The molecule has 0 bridgehead atoms. The Bertz CT molecular complexity index is 924. The minimum Gasteiger partial charge on any atom is -0.330 e. The minimum atomic E-state index is -0.650. The highest BCUT2D eigenvalue weighted by Crippen LogP contribution is 2.36. The Hall–Kier alpha value is -2.25. The van der Waals surface area contributed by atoms with E-state index in [-0.39, 0.29) is 0 Å². The normalized spacial score (nSPS) is 16.0. The van der Waals surface area contributed by atoms with Gasteiger partial charge in [-0.3, -0.25) is 9.59 Å². The molecule has 0 saturated carbocycles. The van der Waals surface area contributed by atoms with E-state index in [9.17, 15) is 9.59 Å². The van der Waals surface area contributed by atoms with Crippen molar-refractivity contribution in [2.24, 2.45) is 0 Å². The summed E-state index contributed by atoms with van der Waals surface area (Å²) < 4.78 is 1.66. The molecule has 0 radical (unpaired) electrons. The van der Waals surface area contributed by atoms with Crippen LogP contribution in [0.25, 0.3) is 5.69 Å². The third kappa shape index (κ3) is 3.12. The summed E-state index contributed by atoms with van der Waals surface area (Å²) in [6.45, 7) is 4.85. The molecule has 0 spiro atoms. The van der Waals surface area contributed by atoms with Gasteiger partial charge in [-0.2, -0.15) is 16.9 Å². The highest BCUT2D eigenvalue weighted by molar-refractivity contribution is 7.98. The molecule has 6 nitrogen and oxygen atoms in total. The maximum absolute atomic E-state index is 12.5. The second-order valence-electron chi connectivity index (χ2n) is 6.34. The van der Waals surface area contributed by atoms with Gasteiger partial charge in [0.1, 0.15) is 5.82 Å². The van der Waals surface area contributed by atoms with Gasteiger partial charge < -0.3 is 10.2 Å². The van der Waals surface area contributed by atoms with Crippen molar-refractivity contribution in [1.29, 1.82) is 0 Å². The zero-order valence-electron chi connectivity index (χ0n) is 14.0. The van der Waals surface area contributed by atoms with Crippen molar-refractivity contribution < 1.29 is 9.59 Å². The first-order valence-electron chi connectivity index (χ1n) is 8.24. The number of nitrogens with one attached hydrogen (secondary N) is 1. The summed E-state index contributed by atoms with van der Waals surface area (Å²) in [6.07, 6.45) is 0.742. The summed E-state index contributed by atoms with van der Waals surface area (Å²) in [7, 11) is 0. The van der Waals surface area contributed by atoms with Crippen LogP contribution in [0.3, 0.4) is 0 Å². The maximum Gasteiger partial charge on any atom is 0.315 e. The van der Waals surface area contributed by atoms with Crippen LogP contribution >= 0.6 is 23.4 Å². The largest absolute Gasteiger partial charge is 0.330 e. The van der Waals surface area contributed by atoms with E-state index in [1.165, 1.54) is 4.90 Å². The number of amides is 2. The number of aromatic nitrogens is 2. The number of nitrogens with zero attached hydrogens (tertiary/aromatic N) is 3. The summed E-state index contributed by atoms with van der Waals surface area (Å²) >= 11 is 7.83. The van der Waals surface area contributed by atoms with Crippen molar-refractivity contribution in [3.05, 3.63) is 52.7 Å². The van der Waals surface area contributed by atoms with Crippen molar-refractivity contribution in [1.82, 2.24) is 14.7 Å². The average Bonchev–Trinajstić information content (AvgIpc) is 3.31. The third-order valence-electron chi connectivity index (χ3n) is 4.47. The van der Waals surface area contributed by atoms with E-state index < -0.39 is 11.8 Å². The molecule has 3 heterocycles. The highest BCUT2D eigenvalue weighted by atomic mass is 35.5. The number of carbonyl (C=O) groups is 2. The molecule has 8 heteroatoms. The lowest BCUT2D eigenvalue weighted by molar-refractivity contribution is -0.142. The molecule has 4 rings (SSSR count). The smallest absolute Gasteiger partial charge is 0.315 e. The molecular weight excluding hydrogens is 372 g/mol. The second-order valence-corrected chi connectivity index (χ2v) is 7.76. The van der Waals surface area contributed by atoms with Crippen LogP contribution in [0.15, 0.2) is 36.4 Å². The minimum absolute atomic E-state index is 0.438. The van der Waals surface area contributed by atoms with Crippen molar-refractivity contribution >= 4 is 41.0 Å². The van der Waals surface area contributed by atoms with Crippen LogP contribution in [-0.4, -0.2) is 39.6 Å². The van der Waals surface area contributed by atoms with Gasteiger partial charge in [-0.1, -0.05) is 29.8 Å². The number of anilines is 1. The van der Waals surface area contributed by atoms with Crippen LogP contribution in [-0.2, 0) is 21.1 Å². The molecule has 2 aromatic rings. The highest BCUT2D eigenvalue weighted by Gasteiger charge is 2.30. The van der Waals surface area contributed by atoms with E-state index in [0.29, 0.717) is 23.9 Å². The van der Waals surface area contributed by atoms with Gasteiger partial charge in [0.25, 0.3) is 0 Å². The molecule has 1 aromatic heterocycles. The summed E-state index contributed by atoms with van der Waals surface area (Å²) in [4.78, 5) is 26.5. The maximum atomic E-state index is 12.5. The molecule has 0 unspecified atom stereocenters. The Balaban J connectivity index is 1.64. The Labute approximate surface area is 160 Å². The molecule has 1 aromatic carbocycles. The molecular formula is C18H17ClN4O2S. The lowest BCUT2D eigenvalue weighted by Gasteiger charge is -2.15. The van der Waals surface area contributed by atoms with Crippen LogP contribution in [0.1, 0.15) is 17.7 Å². The molecule has 2 aliphatic rings. The van der Waals surface area contributed by atoms with Crippen LogP contribution in [0.4, 0.5) is 5.82 Å². The van der Waals surface area contributed by atoms with Gasteiger partial charge in [0, 0.05) is 35.2 Å². The summed E-state index contributed by atoms with van der Waals surface area (Å²) in [5.74, 6) is 0.888. The monoisotopic (exact) mass is 388 g/mol. The van der Waals surface area contributed by atoms with Gasteiger partial charge in [0.05, 0.1) is 11.4 Å². The number of fused-ring (bicyclic) bond motifs is 1. The van der Waals surface area contributed by atoms with Gasteiger partial charge >= 0.3 is 11.8 Å². The Kier molecular flexibility index (Phi) is 4.50. The van der Waals surface area contributed by atoms with E-state index in [1.807, 2.05) is 12.1 Å². The van der Waals surface area contributed by atoms with E-state index >= 15 is 0 Å². The van der Waals surface area contributed by atoms with E-state index in [2.05, 4.69) is 17.0 Å². The molecule has 0 aliphatic carbocycles. The first-order chi connectivity index (χ1) is 12.5. The number of benzene rings is 1. The molecule has 1 N–H and O–H groups in total. The fraction of sp³-hybridized carbons (Fsp3) is 0.278. The Morgan fingerprint density at radius 3 is 2.88 bits per heavy atom. The molecule has 2 amide bonds. The number of carbonyl (C=O) groups excluding carboxylic acids is 2. The topological polar surface area (TPSA) is 67.2 Å². The molecule has 1 saturated heterocycles. The molecule has 1 fully saturated rings. The van der Waals surface area contributed by atoms with Crippen molar-refractivity contribution in [3.63, 3.8) is 0 Å². The summed E-state index contributed by atoms with van der Waals surface area (Å²) in [5.41, 5.74) is 3.59. The first-order valence-corrected chi connectivity index (χ1v) is 9.77. The van der Waals surface area contributed by atoms with Crippen molar-refractivity contribution in [2.75, 3.05) is 18.4 Å². The number of hydrogen-bond donors (Lipinski definition) is 1. The molecule has 26 heavy (non-hydrogen) atoms. The second kappa shape index (κ2) is 6.81. The number of halogens is 1. The SMILES string of the molecule is C=C1CCN(C(=O)C(=O)Nc2c3c(nn2-c2cccc(Cl)c2)CSC3)C1. The predicted molar refractivity (Wildman–Crippen MR) is 103 cm³/mol. The fourth-order valence-electron chi connectivity index (χ4n) is 3.14. The number of hydrogen-bond acceptors (Lipinski definition) is 4. The number of thioether (sulfide) groups is 1. The molecule has 0 atom stereocenters. The predicted octanol–water partition coefficient (Wildman–Crippen LogP) is 3.00. The van der Waals surface area contributed by atoms with E-state index in [0.717, 1.165) is 40.4 Å². The van der Waals surface area contributed by atoms with Gasteiger partial charge in [0.2, 0.25) is 0 Å². The van der Waals surface area contributed by atoms with E-state index in [4.69, 9.17) is 11.6 Å². The lowest BCUT2D eigenvalue weighted by atomic mass is 10.2. The van der Waals surface area contributed by atoms with Gasteiger partial charge in [-0.05, 0) is 24.6 Å². The van der Waals surface area contributed by atoms with Gasteiger partial charge in [-0.15, -0.1) is 0 Å². The van der Waals surface area contributed by atoms with Crippen molar-refractivity contribution in [2.45, 2.75) is 17.9 Å². The van der Waals surface area contributed by atoms with E-state index in [1.54, 1.807) is 28.6 Å². The Morgan fingerprint density at radius 2 is 2.15 bits per heavy atom. The lowest BCUT2D eigenvalue weighted by Crippen LogP contribution is -2.38. The fourth-order valence-corrected chi connectivity index (χ4v) is 4.35. The summed E-state index contributed by atoms with van der Waals surface area (Å²) in [6, 6.07) is 7.24. The summed E-state index contributed by atoms with van der Waals surface area (Å²) in [5, 5.41) is 7.97. The number of rotatable bonds is 2.